The minimum atomic E-state index is 0. The first kappa shape index (κ1) is 22.4. The molecule has 0 atom stereocenters. The maximum absolute atomic E-state index is 5.33. The molecule has 0 heterocycles. The van der Waals surface area contributed by atoms with E-state index in [-0.39, 0.29) is 24.8 Å². The average molecular weight is 333 g/mol. The molecule has 0 saturated heterocycles. The largest absolute Gasteiger partial charge is 0.481 e. The predicted molar refractivity (Wildman–Crippen MR) is 94.8 cm³/mol. The van der Waals surface area contributed by atoms with Crippen LogP contribution >= 0.6 is 24.8 Å². The van der Waals surface area contributed by atoms with E-state index in [4.69, 9.17) is 11.2 Å². The zero-order valence-electron chi connectivity index (χ0n) is 12.8. The minimum Gasteiger partial charge on any atom is -0.481 e. The molecule has 1 aromatic rings. The molecule has 0 fully saturated rings. The zero-order valence-corrected chi connectivity index (χ0v) is 14.4. The van der Waals surface area contributed by atoms with Crippen molar-refractivity contribution in [1.82, 2.24) is 10.2 Å². The Morgan fingerprint density at radius 1 is 1.14 bits per heavy atom. The molecule has 1 rings (SSSR count). The number of halogens is 2. The van der Waals surface area contributed by atoms with E-state index in [1.807, 2.05) is 12.1 Å². The Morgan fingerprint density at radius 2 is 1.76 bits per heavy atom. The second kappa shape index (κ2) is 14.0. The molecular weight excluding hydrogens is 307 g/mol. The summed E-state index contributed by atoms with van der Waals surface area (Å²) in [6.45, 7) is 9.92. The smallest absolute Gasteiger partial charge is 0.148 e. The highest BCUT2D eigenvalue weighted by Gasteiger charge is 1.98. The van der Waals surface area contributed by atoms with Crippen LogP contribution in [0.4, 0.5) is 0 Å². The van der Waals surface area contributed by atoms with Crippen molar-refractivity contribution in [3.63, 3.8) is 0 Å². The van der Waals surface area contributed by atoms with E-state index >= 15 is 0 Å². The molecule has 0 saturated carbocycles. The number of nitrogens with zero attached hydrogens (tertiary/aromatic N) is 1. The van der Waals surface area contributed by atoms with Crippen molar-refractivity contribution < 1.29 is 4.74 Å². The lowest BCUT2D eigenvalue weighted by Crippen LogP contribution is -2.31. The molecular formula is C16H26Cl2N2O. The number of likely N-dealkylation sites (N-methyl/N-ethyl adjacent to an activating group) is 1. The number of hydrogen-bond acceptors (Lipinski definition) is 3. The minimum absolute atomic E-state index is 0. The molecule has 0 amide bonds. The molecule has 0 aliphatic heterocycles. The molecule has 0 unspecified atom stereocenters. The fraction of sp³-hybridized carbons (Fsp3) is 0.500. The predicted octanol–water partition coefficient (Wildman–Crippen LogP) is 2.97. The third kappa shape index (κ3) is 9.60. The molecule has 1 aromatic carbocycles. The van der Waals surface area contributed by atoms with Crippen LogP contribution in [0.1, 0.15) is 19.4 Å². The normalized spacial score (nSPS) is 9.43. The van der Waals surface area contributed by atoms with E-state index in [0.29, 0.717) is 6.61 Å². The fourth-order valence-corrected chi connectivity index (χ4v) is 1.84. The van der Waals surface area contributed by atoms with Crippen molar-refractivity contribution in [2.45, 2.75) is 20.4 Å². The Bertz CT molecular complexity index is 386. The molecule has 5 heteroatoms. The number of rotatable bonds is 9. The van der Waals surface area contributed by atoms with Gasteiger partial charge in [-0.3, -0.25) is 0 Å². The fourth-order valence-electron chi connectivity index (χ4n) is 1.84. The summed E-state index contributed by atoms with van der Waals surface area (Å²) in [5.74, 6) is 3.28. The van der Waals surface area contributed by atoms with Gasteiger partial charge in [0.05, 0.1) is 0 Å². The van der Waals surface area contributed by atoms with Crippen molar-refractivity contribution in [2.75, 3.05) is 32.8 Å². The van der Waals surface area contributed by atoms with Gasteiger partial charge in [-0.15, -0.1) is 31.2 Å². The first-order valence-electron chi connectivity index (χ1n) is 6.88. The van der Waals surface area contributed by atoms with E-state index in [0.717, 1.165) is 38.5 Å². The highest BCUT2D eigenvalue weighted by atomic mass is 35.5. The molecule has 0 aliphatic carbocycles. The lowest BCUT2D eigenvalue weighted by molar-refractivity contribution is 0.302. The van der Waals surface area contributed by atoms with Gasteiger partial charge < -0.3 is 15.0 Å². The zero-order chi connectivity index (χ0) is 13.9. The van der Waals surface area contributed by atoms with Gasteiger partial charge in [-0.1, -0.05) is 31.9 Å². The molecule has 21 heavy (non-hydrogen) atoms. The van der Waals surface area contributed by atoms with Gasteiger partial charge in [0, 0.05) is 19.6 Å². The Labute approximate surface area is 141 Å². The molecule has 0 bridgehead atoms. The van der Waals surface area contributed by atoms with Crippen molar-refractivity contribution in [3.8, 4) is 18.1 Å². The van der Waals surface area contributed by atoms with Gasteiger partial charge in [0.25, 0.3) is 0 Å². The Hall–Kier alpha value is -0.920. The lowest BCUT2D eigenvalue weighted by Gasteiger charge is -2.18. The molecule has 0 aliphatic rings. The maximum Gasteiger partial charge on any atom is 0.148 e. The summed E-state index contributed by atoms with van der Waals surface area (Å²) < 4.78 is 5.33. The van der Waals surface area contributed by atoms with Crippen molar-refractivity contribution in [3.05, 3.63) is 29.8 Å². The van der Waals surface area contributed by atoms with Gasteiger partial charge in [-0.2, -0.15) is 0 Å². The van der Waals surface area contributed by atoms with Gasteiger partial charge in [0.15, 0.2) is 0 Å². The van der Waals surface area contributed by atoms with Crippen LogP contribution in [-0.4, -0.2) is 37.7 Å². The summed E-state index contributed by atoms with van der Waals surface area (Å²) in [5.41, 5.74) is 1.26. The Balaban J connectivity index is 0. The highest BCUT2D eigenvalue weighted by molar-refractivity contribution is 5.85. The molecule has 120 valence electrons. The summed E-state index contributed by atoms with van der Waals surface area (Å²) in [6.07, 6.45) is 5.15. The van der Waals surface area contributed by atoms with Crippen LogP contribution in [0.3, 0.4) is 0 Å². The van der Waals surface area contributed by atoms with Gasteiger partial charge in [-0.05, 0) is 30.8 Å². The first-order chi connectivity index (χ1) is 9.30. The number of hydrogen-bond donors (Lipinski definition) is 1. The SMILES string of the molecule is C#CCOc1ccc(CNCCN(CC)CC)cc1.Cl.Cl. The van der Waals surface area contributed by atoms with Crippen LogP contribution in [0.5, 0.6) is 5.75 Å². The van der Waals surface area contributed by atoms with Gasteiger partial charge in [-0.25, -0.2) is 0 Å². The Morgan fingerprint density at radius 3 is 2.29 bits per heavy atom. The number of nitrogens with one attached hydrogen (secondary N) is 1. The third-order valence-electron chi connectivity index (χ3n) is 3.07. The highest BCUT2D eigenvalue weighted by Crippen LogP contribution is 2.11. The summed E-state index contributed by atoms with van der Waals surface area (Å²) in [7, 11) is 0. The maximum atomic E-state index is 5.33. The van der Waals surface area contributed by atoms with E-state index in [2.05, 4.69) is 42.1 Å². The van der Waals surface area contributed by atoms with E-state index in [1.54, 1.807) is 0 Å². The first-order valence-corrected chi connectivity index (χ1v) is 6.88. The van der Waals surface area contributed by atoms with Crippen LogP contribution in [-0.2, 0) is 6.54 Å². The molecule has 1 N–H and O–H groups in total. The van der Waals surface area contributed by atoms with Crippen molar-refractivity contribution >= 4 is 24.8 Å². The summed E-state index contributed by atoms with van der Waals surface area (Å²) in [5, 5.41) is 3.45. The average Bonchev–Trinajstić information content (AvgIpc) is 2.46. The van der Waals surface area contributed by atoms with Gasteiger partial charge in [0.1, 0.15) is 12.4 Å². The second-order valence-corrected chi connectivity index (χ2v) is 4.34. The molecule has 0 radical (unpaired) electrons. The lowest BCUT2D eigenvalue weighted by atomic mass is 10.2. The topological polar surface area (TPSA) is 24.5 Å². The van der Waals surface area contributed by atoms with Crippen LogP contribution in [0.15, 0.2) is 24.3 Å². The van der Waals surface area contributed by atoms with E-state index < -0.39 is 0 Å². The molecule has 3 nitrogen and oxygen atoms in total. The Kier molecular flexibility index (Phi) is 14.9. The van der Waals surface area contributed by atoms with Gasteiger partial charge >= 0.3 is 0 Å². The third-order valence-corrected chi connectivity index (χ3v) is 3.07. The number of benzene rings is 1. The molecule has 0 aromatic heterocycles. The number of ether oxygens (including phenoxy) is 1. The van der Waals surface area contributed by atoms with Crippen LogP contribution in [0.2, 0.25) is 0 Å². The van der Waals surface area contributed by atoms with Crippen LogP contribution in [0, 0.1) is 12.3 Å². The van der Waals surface area contributed by atoms with Gasteiger partial charge in [0.2, 0.25) is 0 Å². The van der Waals surface area contributed by atoms with Crippen molar-refractivity contribution in [1.29, 1.82) is 0 Å². The second-order valence-electron chi connectivity index (χ2n) is 4.34. The van der Waals surface area contributed by atoms with E-state index in [9.17, 15) is 0 Å². The van der Waals surface area contributed by atoms with Crippen molar-refractivity contribution in [2.24, 2.45) is 0 Å². The van der Waals surface area contributed by atoms with E-state index in [1.165, 1.54) is 5.56 Å². The van der Waals surface area contributed by atoms with Crippen LogP contribution in [0.25, 0.3) is 0 Å². The van der Waals surface area contributed by atoms with Crippen LogP contribution < -0.4 is 10.1 Å². The standard InChI is InChI=1S/C16H24N2O.2ClH/c1-4-13-19-16-9-7-15(8-10-16)14-17-11-12-18(5-2)6-3;;/h1,7-10,17H,5-6,11-14H2,2-3H3;2*1H. The number of terminal acetylenes is 1. The summed E-state index contributed by atoms with van der Waals surface area (Å²) >= 11 is 0. The molecule has 0 spiro atoms. The summed E-state index contributed by atoms with van der Waals surface area (Å²) in [6, 6.07) is 8.05. The monoisotopic (exact) mass is 332 g/mol. The quantitative estimate of drug-likeness (QED) is 0.555. The summed E-state index contributed by atoms with van der Waals surface area (Å²) in [4.78, 5) is 2.41.